The van der Waals surface area contributed by atoms with Crippen LogP contribution in [0, 0.1) is 11.6 Å². The molecule has 7 rings (SSSR count). The first kappa shape index (κ1) is 32.0. The largest absolute Gasteiger partial charge is 0.494 e. The molecule has 1 saturated heterocycles. The summed E-state index contributed by atoms with van der Waals surface area (Å²) in [5.74, 6) is -1.35. The van der Waals surface area contributed by atoms with Gasteiger partial charge < -0.3 is 20.1 Å². The van der Waals surface area contributed by atoms with Crippen LogP contribution in [-0.4, -0.2) is 54.7 Å². The highest BCUT2D eigenvalue weighted by Gasteiger charge is 2.30. The Bertz CT molecular complexity index is 2130. The number of ether oxygens (including phenoxy) is 1. The van der Waals surface area contributed by atoms with Crippen LogP contribution in [0.4, 0.5) is 26.1 Å². The van der Waals surface area contributed by atoms with Crippen LogP contribution in [0.25, 0.3) is 22.0 Å². The number of fused-ring (bicyclic) bond motifs is 2. The number of halogens is 3. The highest BCUT2D eigenvalue weighted by atomic mass is 35.5. The average Bonchev–Trinajstić information content (AvgIpc) is 3.45. The maximum Gasteiger partial charge on any atom is 0.262 e. The molecule has 0 saturated carbocycles. The minimum Gasteiger partial charge on any atom is -0.494 e. The zero-order valence-corrected chi connectivity index (χ0v) is 27.3. The molecular formula is C34H31ClF2N6O4S. The van der Waals surface area contributed by atoms with Crippen LogP contribution in [0.2, 0.25) is 5.02 Å². The Morgan fingerprint density at radius 1 is 1.06 bits per heavy atom. The van der Waals surface area contributed by atoms with Crippen molar-refractivity contribution in [2.24, 2.45) is 0 Å². The molecule has 3 heterocycles. The minimum absolute atomic E-state index is 0.106. The van der Waals surface area contributed by atoms with Crippen molar-refractivity contribution in [3.05, 3.63) is 94.9 Å². The van der Waals surface area contributed by atoms with Gasteiger partial charge in [-0.15, -0.1) is 0 Å². The van der Waals surface area contributed by atoms with Gasteiger partial charge in [-0.25, -0.2) is 27.2 Å². The van der Waals surface area contributed by atoms with Crippen molar-refractivity contribution in [3.63, 3.8) is 0 Å². The van der Waals surface area contributed by atoms with E-state index in [0.29, 0.717) is 40.8 Å². The maximum absolute atomic E-state index is 16.1. The van der Waals surface area contributed by atoms with Gasteiger partial charge in [0, 0.05) is 41.9 Å². The number of pyridine rings is 1. The summed E-state index contributed by atoms with van der Waals surface area (Å²) in [5.41, 5.74) is 1.55. The van der Waals surface area contributed by atoms with E-state index in [2.05, 4.69) is 29.9 Å². The summed E-state index contributed by atoms with van der Waals surface area (Å²) in [5, 5.41) is 14.3. The number of piperidine rings is 1. The quantitative estimate of drug-likeness (QED) is 0.167. The van der Waals surface area contributed by atoms with Gasteiger partial charge >= 0.3 is 0 Å². The average molecular weight is 693 g/mol. The van der Waals surface area contributed by atoms with Crippen molar-refractivity contribution in [3.8, 4) is 16.9 Å². The molecule has 14 heteroatoms. The number of aromatic nitrogens is 3. The Hall–Kier alpha value is -4.59. The lowest BCUT2D eigenvalue weighted by molar-refractivity contribution is 0.180. The molecule has 10 nitrogen and oxygen atoms in total. The number of sulfonamides is 1. The number of aliphatic hydroxyl groups is 1. The molecule has 1 atom stereocenters. The lowest BCUT2D eigenvalue weighted by Crippen LogP contribution is -2.39. The van der Waals surface area contributed by atoms with E-state index >= 15 is 8.78 Å². The number of hydrogen-bond acceptors (Lipinski definition) is 9. The van der Waals surface area contributed by atoms with Crippen LogP contribution in [0.15, 0.2) is 72.0 Å². The van der Waals surface area contributed by atoms with Gasteiger partial charge in [0.1, 0.15) is 17.1 Å². The van der Waals surface area contributed by atoms with Gasteiger partial charge in [0.25, 0.3) is 10.0 Å². The molecule has 3 N–H and O–H groups in total. The van der Waals surface area contributed by atoms with Gasteiger partial charge in [-0.3, -0.25) is 9.71 Å². The topological polar surface area (TPSA) is 130 Å². The van der Waals surface area contributed by atoms with E-state index in [1.165, 1.54) is 31.4 Å². The number of aliphatic hydroxyl groups excluding tert-OH is 1. The van der Waals surface area contributed by atoms with Gasteiger partial charge in [-0.1, -0.05) is 11.6 Å². The Balaban J connectivity index is 1.15. The van der Waals surface area contributed by atoms with E-state index in [-0.39, 0.29) is 27.3 Å². The van der Waals surface area contributed by atoms with Crippen molar-refractivity contribution in [2.45, 2.75) is 42.7 Å². The van der Waals surface area contributed by atoms with Crippen LogP contribution < -0.4 is 19.7 Å². The number of nitrogens with zero attached hydrogens (tertiary/aromatic N) is 4. The SMILES string of the molecule is COc1cc(-c2c(F)ccc(NS(=O)(=O)c3cc(Cl)cc4c3CC[C@H]4O)c2F)cc2cnc(NC3CCN(c4cccnc4)CC3)nc12. The fraction of sp³-hybridized carbons (Fsp3) is 0.265. The van der Waals surface area contributed by atoms with E-state index < -0.39 is 39.0 Å². The fourth-order valence-electron chi connectivity index (χ4n) is 6.46. The number of anilines is 3. The molecule has 1 aliphatic carbocycles. The maximum atomic E-state index is 16.1. The zero-order chi connectivity index (χ0) is 33.6. The third-order valence-corrected chi connectivity index (χ3v) is 10.5. The number of methoxy groups -OCH3 is 1. The molecule has 1 fully saturated rings. The molecule has 5 aromatic rings. The third-order valence-electron chi connectivity index (χ3n) is 8.86. The smallest absolute Gasteiger partial charge is 0.262 e. The van der Waals surface area contributed by atoms with Crippen LogP contribution in [-0.2, 0) is 16.4 Å². The summed E-state index contributed by atoms with van der Waals surface area (Å²) in [6, 6.07) is 11.9. The molecule has 0 spiro atoms. The van der Waals surface area contributed by atoms with Crippen LogP contribution in [0.5, 0.6) is 5.75 Å². The summed E-state index contributed by atoms with van der Waals surface area (Å²) in [6.45, 7) is 1.70. The number of benzene rings is 3. The first-order chi connectivity index (χ1) is 23.1. The highest BCUT2D eigenvalue weighted by molar-refractivity contribution is 7.92. The lowest BCUT2D eigenvalue weighted by atomic mass is 10.0. The predicted octanol–water partition coefficient (Wildman–Crippen LogP) is 6.49. The summed E-state index contributed by atoms with van der Waals surface area (Å²) in [6.07, 6.45) is 6.69. The molecule has 0 radical (unpaired) electrons. The van der Waals surface area contributed by atoms with Gasteiger partial charge in [0.15, 0.2) is 5.82 Å². The Kier molecular flexibility index (Phi) is 8.52. The van der Waals surface area contributed by atoms with Crippen LogP contribution >= 0.6 is 11.6 Å². The molecule has 0 unspecified atom stereocenters. The van der Waals surface area contributed by atoms with Gasteiger partial charge in [-0.2, -0.15) is 0 Å². The standard InChI is InChI=1S/C34H31ClF2N6O4S/c1-47-29-14-19(13-20-17-39-34(41-33(20)29)40-22-8-11-43(12-9-22)23-3-2-10-38-18-23)31-26(36)5-6-27(32(31)37)42-48(45,46)30-16-21(35)15-25-24(30)4-7-28(25)44/h2-3,5-6,10,13-18,22,28,42,44H,4,7-9,11-12H2,1H3,(H,39,40,41)/t28-/m1/s1. The van der Waals surface area contributed by atoms with E-state index in [1.54, 1.807) is 12.4 Å². The molecular weight excluding hydrogens is 662 g/mol. The zero-order valence-electron chi connectivity index (χ0n) is 25.8. The van der Waals surface area contributed by atoms with Crippen molar-refractivity contribution in [2.75, 3.05) is 35.1 Å². The number of hydrogen-bond donors (Lipinski definition) is 3. The molecule has 0 bridgehead atoms. The van der Waals surface area contributed by atoms with Crippen molar-refractivity contribution >= 4 is 49.9 Å². The molecule has 48 heavy (non-hydrogen) atoms. The monoisotopic (exact) mass is 692 g/mol. The lowest BCUT2D eigenvalue weighted by Gasteiger charge is -2.33. The third kappa shape index (κ3) is 6.09. The fourth-order valence-corrected chi connectivity index (χ4v) is 8.13. The Morgan fingerprint density at radius 3 is 2.62 bits per heavy atom. The number of nitrogens with one attached hydrogen (secondary N) is 2. The molecule has 1 aliphatic heterocycles. The minimum atomic E-state index is -4.37. The second kappa shape index (κ2) is 12.8. The van der Waals surface area contributed by atoms with E-state index in [9.17, 15) is 13.5 Å². The molecule has 2 aliphatic rings. The van der Waals surface area contributed by atoms with Crippen LogP contribution in [0.1, 0.15) is 36.5 Å². The Labute approximate surface area is 280 Å². The summed E-state index contributed by atoms with van der Waals surface area (Å²) in [7, 11) is -2.94. The first-order valence-corrected chi connectivity index (χ1v) is 17.3. The van der Waals surface area contributed by atoms with Gasteiger partial charge in [0.2, 0.25) is 5.95 Å². The summed E-state index contributed by atoms with van der Waals surface area (Å²) >= 11 is 6.16. The number of rotatable bonds is 8. The second-order valence-electron chi connectivity index (χ2n) is 11.8. The molecule has 248 valence electrons. The van der Waals surface area contributed by atoms with Crippen molar-refractivity contribution in [1.29, 1.82) is 0 Å². The predicted molar refractivity (Wildman–Crippen MR) is 180 cm³/mol. The van der Waals surface area contributed by atoms with Gasteiger partial charge in [-0.05, 0) is 90.9 Å². The molecule has 3 aromatic carbocycles. The van der Waals surface area contributed by atoms with E-state index in [0.717, 1.165) is 43.8 Å². The summed E-state index contributed by atoms with van der Waals surface area (Å²) < 4.78 is 66.1. The molecule has 0 amide bonds. The van der Waals surface area contributed by atoms with Crippen LogP contribution in [0.3, 0.4) is 0 Å². The highest BCUT2D eigenvalue weighted by Crippen LogP contribution is 2.40. The molecule has 2 aromatic heterocycles. The van der Waals surface area contributed by atoms with E-state index in [1.807, 2.05) is 18.3 Å². The van der Waals surface area contributed by atoms with E-state index in [4.69, 9.17) is 16.3 Å². The van der Waals surface area contributed by atoms with Crippen molar-refractivity contribution < 1.29 is 27.0 Å². The van der Waals surface area contributed by atoms with Crippen molar-refractivity contribution in [1.82, 2.24) is 15.0 Å². The first-order valence-electron chi connectivity index (χ1n) is 15.4. The normalized spacial score (nSPS) is 16.6. The Morgan fingerprint density at radius 2 is 1.88 bits per heavy atom. The van der Waals surface area contributed by atoms with Gasteiger partial charge in [0.05, 0.1) is 41.2 Å². The second-order valence-corrected chi connectivity index (χ2v) is 13.9. The summed E-state index contributed by atoms with van der Waals surface area (Å²) in [4.78, 5) is 15.4.